The van der Waals surface area contributed by atoms with Gasteiger partial charge in [-0.25, -0.2) is 0 Å². The summed E-state index contributed by atoms with van der Waals surface area (Å²) in [6.45, 7) is 0. The van der Waals surface area contributed by atoms with E-state index in [4.69, 9.17) is 0 Å². The van der Waals surface area contributed by atoms with Gasteiger partial charge in [0, 0.05) is 21.2 Å². The Morgan fingerprint density at radius 3 is 1.32 bits per heavy atom. The molecule has 0 aliphatic carbocycles. The first-order valence-corrected chi connectivity index (χ1v) is 11.9. The third-order valence-corrected chi connectivity index (χ3v) is 6.99. The van der Waals surface area contributed by atoms with E-state index in [-0.39, 0.29) is 5.92 Å². The lowest BCUT2D eigenvalue weighted by Crippen LogP contribution is -2.04. The lowest BCUT2D eigenvalue weighted by Gasteiger charge is -2.15. The Bertz CT molecular complexity index is 1150. The second-order valence-electron chi connectivity index (χ2n) is 7.23. The molecule has 0 saturated carbocycles. The van der Waals surface area contributed by atoms with Gasteiger partial charge in [-0.05, 0) is 54.1 Å². The predicted molar refractivity (Wildman–Crippen MR) is 130 cm³/mol. The van der Waals surface area contributed by atoms with Gasteiger partial charge >= 0.3 is 0 Å². The lowest BCUT2D eigenvalue weighted by molar-refractivity contribution is 0.871. The summed E-state index contributed by atoms with van der Waals surface area (Å²) in [7, 11) is 0. The first-order chi connectivity index (χ1) is 15.3. The number of aromatic nitrogens is 2. The Kier molecular flexibility index (Phi) is 6.01. The third kappa shape index (κ3) is 4.82. The summed E-state index contributed by atoms with van der Waals surface area (Å²) in [5, 5.41) is 2.29. The van der Waals surface area contributed by atoms with Crippen LogP contribution in [-0.4, -0.2) is 9.97 Å². The van der Waals surface area contributed by atoms with E-state index in [9.17, 15) is 0 Å². The van der Waals surface area contributed by atoms with Gasteiger partial charge in [0.05, 0.1) is 16.0 Å². The van der Waals surface area contributed by atoms with Crippen LogP contribution in [0.5, 0.6) is 0 Å². The Balaban J connectivity index is 1.45. The molecule has 0 aliphatic rings. The number of hydrogen-bond donors (Lipinski definition) is 2. The summed E-state index contributed by atoms with van der Waals surface area (Å²) in [5.41, 5.74) is 3.63. The molecule has 2 nitrogen and oxygen atoms in total. The summed E-state index contributed by atoms with van der Waals surface area (Å²) in [6.07, 6.45) is 0. The maximum atomic E-state index is 3.65. The number of aromatic amines is 2. The van der Waals surface area contributed by atoms with E-state index < -0.39 is 0 Å². The molecule has 2 heterocycles. The highest BCUT2D eigenvalue weighted by Crippen LogP contribution is 2.36. The van der Waals surface area contributed by atoms with Crippen molar-refractivity contribution < 1.29 is 0 Å². The lowest BCUT2D eigenvalue weighted by atomic mass is 9.93. The molecule has 0 amide bonds. The minimum absolute atomic E-state index is 0.122. The largest absolute Gasteiger partial charge is 0.352 e. The number of rotatable bonds is 7. The number of H-pyrrole nitrogens is 2. The molecule has 0 radical (unpaired) electrons. The highest BCUT2D eigenvalue weighted by molar-refractivity contribution is 7.99. The fourth-order valence-corrected chi connectivity index (χ4v) is 5.35. The molecule has 5 rings (SSSR count). The highest BCUT2D eigenvalue weighted by Gasteiger charge is 2.20. The van der Waals surface area contributed by atoms with Gasteiger partial charge < -0.3 is 9.97 Å². The molecule has 0 aliphatic heterocycles. The van der Waals surface area contributed by atoms with Crippen molar-refractivity contribution in [2.45, 2.75) is 25.8 Å². The zero-order valence-electron chi connectivity index (χ0n) is 16.9. The van der Waals surface area contributed by atoms with Gasteiger partial charge in [0.25, 0.3) is 0 Å². The van der Waals surface area contributed by atoms with E-state index in [1.807, 2.05) is 12.1 Å². The van der Waals surface area contributed by atoms with Crippen molar-refractivity contribution in [2.24, 2.45) is 0 Å². The fraction of sp³-hybridized carbons (Fsp3) is 0.0370. The summed E-state index contributed by atoms with van der Waals surface area (Å²) in [5.74, 6) is 0.122. The zero-order valence-corrected chi connectivity index (χ0v) is 18.5. The zero-order chi connectivity index (χ0) is 20.9. The molecule has 0 spiro atoms. The molecule has 0 unspecified atom stereocenters. The average molecular weight is 439 g/mol. The van der Waals surface area contributed by atoms with Crippen molar-refractivity contribution in [1.29, 1.82) is 0 Å². The second kappa shape index (κ2) is 9.38. The van der Waals surface area contributed by atoms with E-state index >= 15 is 0 Å². The van der Waals surface area contributed by atoms with Gasteiger partial charge in [-0.15, -0.1) is 0 Å². The standard InChI is InChI=1S/C27H22N2S2/c1-4-10-20(11-5-1)27(23-16-18-25(28-23)30-21-12-6-2-7-13-21)24-17-19-26(29-24)31-22-14-8-3-9-15-22/h1-19,27-29H. The number of nitrogens with one attached hydrogen (secondary N) is 2. The molecule has 2 N–H and O–H groups in total. The monoisotopic (exact) mass is 438 g/mol. The quantitative estimate of drug-likeness (QED) is 0.271. The summed E-state index contributed by atoms with van der Waals surface area (Å²) >= 11 is 3.51. The van der Waals surface area contributed by atoms with Crippen LogP contribution in [0.25, 0.3) is 0 Å². The van der Waals surface area contributed by atoms with E-state index in [2.05, 4.69) is 113 Å². The highest BCUT2D eigenvalue weighted by atomic mass is 32.2. The van der Waals surface area contributed by atoms with E-state index in [1.54, 1.807) is 23.5 Å². The van der Waals surface area contributed by atoms with E-state index in [0.717, 1.165) is 10.1 Å². The van der Waals surface area contributed by atoms with Crippen molar-refractivity contribution in [3.05, 3.63) is 132 Å². The average Bonchev–Trinajstić information content (AvgIpc) is 3.46. The summed E-state index contributed by atoms with van der Waals surface area (Å²) < 4.78 is 0. The van der Waals surface area contributed by atoms with Crippen LogP contribution in [0, 0.1) is 0 Å². The maximum Gasteiger partial charge on any atom is 0.0772 e. The van der Waals surface area contributed by atoms with Gasteiger partial charge in [-0.1, -0.05) is 90.3 Å². The molecule has 31 heavy (non-hydrogen) atoms. The van der Waals surface area contributed by atoms with E-state index in [1.165, 1.54) is 26.7 Å². The molecule has 0 saturated heterocycles. The number of hydrogen-bond acceptors (Lipinski definition) is 2. The molecular formula is C27H22N2S2. The minimum Gasteiger partial charge on any atom is -0.352 e. The van der Waals surface area contributed by atoms with Crippen molar-refractivity contribution in [1.82, 2.24) is 9.97 Å². The predicted octanol–water partition coefficient (Wildman–Crippen LogP) is 7.83. The molecule has 5 aromatic rings. The van der Waals surface area contributed by atoms with Crippen LogP contribution in [-0.2, 0) is 0 Å². The van der Waals surface area contributed by atoms with Gasteiger partial charge in [-0.3, -0.25) is 0 Å². The third-order valence-electron chi connectivity index (χ3n) is 5.06. The first-order valence-electron chi connectivity index (χ1n) is 10.2. The van der Waals surface area contributed by atoms with Crippen molar-refractivity contribution in [3.63, 3.8) is 0 Å². The van der Waals surface area contributed by atoms with Crippen LogP contribution in [0.3, 0.4) is 0 Å². The Morgan fingerprint density at radius 1 is 0.452 bits per heavy atom. The molecule has 4 heteroatoms. The molecule has 3 aromatic carbocycles. The van der Waals surface area contributed by atoms with Crippen LogP contribution in [0.2, 0.25) is 0 Å². The SMILES string of the molecule is c1ccc(Sc2ccc(C(c3ccccc3)c3ccc(Sc4ccccc4)[nH]3)[nH]2)cc1. The molecule has 0 bridgehead atoms. The van der Waals surface area contributed by atoms with Crippen LogP contribution in [0.1, 0.15) is 22.9 Å². The van der Waals surface area contributed by atoms with E-state index in [0.29, 0.717) is 0 Å². The summed E-state index contributed by atoms with van der Waals surface area (Å²) in [6, 6.07) is 40.3. The Labute approximate surface area is 191 Å². The molecule has 0 fully saturated rings. The van der Waals surface area contributed by atoms with Crippen molar-refractivity contribution in [2.75, 3.05) is 0 Å². The van der Waals surface area contributed by atoms with Crippen LogP contribution >= 0.6 is 23.5 Å². The molecule has 2 aromatic heterocycles. The first kappa shape index (κ1) is 19.9. The Morgan fingerprint density at radius 2 is 0.871 bits per heavy atom. The van der Waals surface area contributed by atoms with Gasteiger partial charge in [-0.2, -0.15) is 0 Å². The topological polar surface area (TPSA) is 31.6 Å². The van der Waals surface area contributed by atoms with Gasteiger partial charge in [0.1, 0.15) is 0 Å². The fourth-order valence-electron chi connectivity index (χ4n) is 3.64. The van der Waals surface area contributed by atoms with Gasteiger partial charge in [0.15, 0.2) is 0 Å². The molecule has 0 atom stereocenters. The maximum absolute atomic E-state index is 3.65. The normalized spacial score (nSPS) is 11.1. The smallest absolute Gasteiger partial charge is 0.0772 e. The Hall–Kier alpha value is -3.08. The van der Waals surface area contributed by atoms with Crippen molar-refractivity contribution in [3.8, 4) is 0 Å². The van der Waals surface area contributed by atoms with Gasteiger partial charge in [0.2, 0.25) is 0 Å². The minimum atomic E-state index is 0.122. The molecular weight excluding hydrogens is 416 g/mol. The van der Waals surface area contributed by atoms with Crippen LogP contribution in [0.4, 0.5) is 0 Å². The van der Waals surface area contributed by atoms with Crippen molar-refractivity contribution >= 4 is 23.5 Å². The van der Waals surface area contributed by atoms with Crippen LogP contribution < -0.4 is 0 Å². The summed E-state index contributed by atoms with van der Waals surface area (Å²) in [4.78, 5) is 9.77. The van der Waals surface area contributed by atoms with Crippen LogP contribution in [0.15, 0.2) is 135 Å². The number of benzene rings is 3. The molecule has 152 valence electrons. The second-order valence-corrected chi connectivity index (χ2v) is 9.46.